The van der Waals surface area contributed by atoms with E-state index >= 15 is 0 Å². The maximum absolute atomic E-state index is 12.9. The lowest BCUT2D eigenvalue weighted by Crippen LogP contribution is -2.30. The third-order valence-corrected chi connectivity index (χ3v) is 5.04. The lowest BCUT2D eigenvalue weighted by atomic mass is 10.1. The number of aryl methyl sites for hydroxylation is 3. The fourth-order valence-corrected chi connectivity index (χ4v) is 3.50. The molecule has 28 heavy (non-hydrogen) atoms. The Morgan fingerprint density at radius 2 is 1.79 bits per heavy atom. The van der Waals surface area contributed by atoms with Gasteiger partial charge in [-0.2, -0.15) is 0 Å². The summed E-state index contributed by atoms with van der Waals surface area (Å²) in [7, 11) is 1.63. The predicted molar refractivity (Wildman–Crippen MR) is 113 cm³/mol. The maximum atomic E-state index is 12.9. The summed E-state index contributed by atoms with van der Waals surface area (Å²) in [5, 5.41) is 4.14. The summed E-state index contributed by atoms with van der Waals surface area (Å²) in [6, 6.07) is 13.9. The highest BCUT2D eigenvalue weighted by Gasteiger charge is 2.19. The summed E-state index contributed by atoms with van der Waals surface area (Å²) in [6.45, 7) is 7.83. The molecule has 0 aliphatic rings. The van der Waals surface area contributed by atoms with Crippen molar-refractivity contribution in [1.29, 1.82) is 0 Å². The minimum absolute atomic E-state index is 0.0630. The molecule has 1 heterocycles. The van der Waals surface area contributed by atoms with E-state index in [0.29, 0.717) is 13.2 Å². The molecule has 3 rings (SSSR count). The van der Waals surface area contributed by atoms with Crippen LogP contribution < -0.4 is 14.8 Å². The first-order valence-corrected chi connectivity index (χ1v) is 9.75. The van der Waals surface area contributed by atoms with Crippen LogP contribution in [0.2, 0.25) is 0 Å². The normalized spacial score (nSPS) is 10.9. The number of fused-ring (bicyclic) bond motifs is 1. The number of carbonyl (C=O) groups is 1. The molecule has 148 valence electrons. The highest BCUT2D eigenvalue weighted by molar-refractivity contribution is 6.01. The number of ether oxygens (including phenoxy) is 2. The third-order valence-electron chi connectivity index (χ3n) is 5.04. The van der Waals surface area contributed by atoms with Gasteiger partial charge in [0.15, 0.2) is 0 Å². The average Bonchev–Trinajstić information content (AvgIpc) is 3.02. The van der Waals surface area contributed by atoms with Crippen LogP contribution in [0, 0.1) is 6.92 Å². The molecule has 1 aromatic heterocycles. The van der Waals surface area contributed by atoms with E-state index < -0.39 is 0 Å². The van der Waals surface area contributed by atoms with E-state index in [2.05, 4.69) is 41.9 Å². The van der Waals surface area contributed by atoms with Crippen LogP contribution >= 0.6 is 0 Å². The van der Waals surface area contributed by atoms with Gasteiger partial charge in [0.05, 0.1) is 13.7 Å². The third kappa shape index (κ3) is 3.98. The number of carbonyl (C=O) groups excluding carboxylic acids is 1. The van der Waals surface area contributed by atoms with Crippen molar-refractivity contribution in [3.05, 3.63) is 59.3 Å². The molecule has 0 bridgehead atoms. The second-order valence-corrected chi connectivity index (χ2v) is 6.70. The Kier molecular flexibility index (Phi) is 6.24. The smallest absolute Gasteiger partial charge is 0.268 e. The summed E-state index contributed by atoms with van der Waals surface area (Å²) in [4.78, 5) is 12.9. The Morgan fingerprint density at radius 3 is 2.43 bits per heavy atom. The van der Waals surface area contributed by atoms with Crippen molar-refractivity contribution >= 4 is 16.8 Å². The zero-order valence-electron chi connectivity index (χ0n) is 17.0. The van der Waals surface area contributed by atoms with Crippen LogP contribution in [0.4, 0.5) is 0 Å². The lowest BCUT2D eigenvalue weighted by Gasteiger charge is -2.11. The number of benzene rings is 2. The largest absolute Gasteiger partial charge is 0.497 e. The molecule has 1 N–H and O–H groups in total. The molecular formula is C23H28N2O3. The summed E-state index contributed by atoms with van der Waals surface area (Å²) in [6.07, 6.45) is 0.983. The Bertz CT molecular complexity index is 958. The predicted octanol–water partition coefficient (Wildman–Crippen LogP) is 4.35. The van der Waals surface area contributed by atoms with Crippen molar-refractivity contribution in [3.8, 4) is 11.5 Å². The Morgan fingerprint density at radius 1 is 1.07 bits per heavy atom. The summed E-state index contributed by atoms with van der Waals surface area (Å²) < 4.78 is 12.9. The Balaban J connectivity index is 1.68. The van der Waals surface area contributed by atoms with Crippen LogP contribution in [0.1, 0.15) is 35.5 Å². The van der Waals surface area contributed by atoms with Crippen LogP contribution in [0.25, 0.3) is 10.9 Å². The number of hydrogen-bond acceptors (Lipinski definition) is 3. The molecule has 5 heteroatoms. The first kappa shape index (κ1) is 19.8. The first-order valence-electron chi connectivity index (χ1n) is 9.75. The van der Waals surface area contributed by atoms with Gasteiger partial charge >= 0.3 is 0 Å². The number of methoxy groups -OCH3 is 1. The Hall–Kier alpha value is -2.95. The van der Waals surface area contributed by atoms with Crippen LogP contribution in [0.5, 0.6) is 11.5 Å². The zero-order chi connectivity index (χ0) is 20.1. The van der Waals surface area contributed by atoms with Gasteiger partial charge in [-0.1, -0.05) is 13.0 Å². The maximum Gasteiger partial charge on any atom is 0.268 e. The van der Waals surface area contributed by atoms with E-state index in [1.54, 1.807) is 7.11 Å². The minimum Gasteiger partial charge on any atom is -0.497 e. The second kappa shape index (κ2) is 8.83. The van der Waals surface area contributed by atoms with Gasteiger partial charge in [-0.05, 0) is 67.8 Å². The quantitative estimate of drug-likeness (QED) is 0.591. The van der Waals surface area contributed by atoms with Crippen LogP contribution in [-0.2, 0) is 13.0 Å². The number of nitrogens with one attached hydrogen (secondary N) is 1. The van der Waals surface area contributed by atoms with Crippen molar-refractivity contribution in [3.63, 3.8) is 0 Å². The van der Waals surface area contributed by atoms with Gasteiger partial charge in [-0.25, -0.2) is 0 Å². The molecule has 0 spiro atoms. The van der Waals surface area contributed by atoms with Crippen molar-refractivity contribution in [2.24, 2.45) is 0 Å². The van der Waals surface area contributed by atoms with Crippen molar-refractivity contribution < 1.29 is 14.3 Å². The number of nitrogens with zero attached hydrogens (tertiary/aromatic N) is 1. The monoisotopic (exact) mass is 380 g/mol. The number of amides is 1. The molecule has 0 saturated heterocycles. The van der Waals surface area contributed by atoms with E-state index in [0.717, 1.165) is 46.6 Å². The van der Waals surface area contributed by atoms with Gasteiger partial charge in [0.1, 0.15) is 23.8 Å². The van der Waals surface area contributed by atoms with Crippen LogP contribution in [-0.4, -0.2) is 30.7 Å². The molecule has 0 saturated carbocycles. The van der Waals surface area contributed by atoms with Gasteiger partial charge in [0.25, 0.3) is 5.91 Å². The van der Waals surface area contributed by atoms with Gasteiger partial charge in [-0.3, -0.25) is 4.79 Å². The van der Waals surface area contributed by atoms with Crippen LogP contribution in [0.3, 0.4) is 0 Å². The number of aromatic nitrogens is 1. The number of hydrogen-bond donors (Lipinski definition) is 1. The molecule has 0 radical (unpaired) electrons. The van der Waals surface area contributed by atoms with Crippen molar-refractivity contribution in [2.45, 2.75) is 33.7 Å². The molecule has 2 aromatic carbocycles. The van der Waals surface area contributed by atoms with E-state index in [9.17, 15) is 4.79 Å². The van der Waals surface area contributed by atoms with Crippen molar-refractivity contribution in [2.75, 3.05) is 20.3 Å². The fraction of sp³-hybridized carbons (Fsp3) is 0.348. The highest BCUT2D eigenvalue weighted by atomic mass is 16.5. The van der Waals surface area contributed by atoms with Crippen molar-refractivity contribution in [1.82, 2.24) is 9.88 Å². The molecule has 0 aliphatic carbocycles. The van der Waals surface area contributed by atoms with E-state index in [1.807, 2.05) is 31.2 Å². The van der Waals surface area contributed by atoms with Gasteiger partial charge in [0, 0.05) is 17.4 Å². The van der Waals surface area contributed by atoms with E-state index in [1.165, 1.54) is 5.56 Å². The topological polar surface area (TPSA) is 52.5 Å². The number of rotatable bonds is 8. The molecule has 0 aliphatic heterocycles. The SMILES string of the molecule is CCc1ccc2c(c1)c(C)c(C(=O)NCCOc1ccc(OC)cc1)n2CC. The molecule has 0 atom stereocenters. The molecule has 3 aromatic rings. The fourth-order valence-electron chi connectivity index (χ4n) is 3.50. The minimum atomic E-state index is -0.0630. The standard InChI is InChI=1S/C23H28N2O3/c1-5-17-7-12-21-20(15-17)16(3)22(25(21)6-2)23(26)24-13-14-28-19-10-8-18(27-4)9-11-19/h7-12,15H,5-6,13-14H2,1-4H3,(H,24,26). The summed E-state index contributed by atoms with van der Waals surface area (Å²) >= 11 is 0. The van der Waals surface area contributed by atoms with Crippen LogP contribution in [0.15, 0.2) is 42.5 Å². The van der Waals surface area contributed by atoms with E-state index in [-0.39, 0.29) is 5.91 Å². The first-order chi connectivity index (χ1) is 13.6. The molecule has 1 amide bonds. The zero-order valence-corrected chi connectivity index (χ0v) is 17.0. The molecule has 0 unspecified atom stereocenters. The summed E-state index contributed by atoms with van der Waals surface area (Å²) in [5.41, 5.74) is 4.15. The molecule has 5 nitrogen and oxygen atoms in total. The van der Waals surface area contributed by atoms with Gasteiger partial charge in [0.2, 0.25) is 0 Å². The molecular weight excluding hydrogens is 352 g/mol. The Labute approximate surface area is 166 Å². The average molecular weight is 380 g/mol. The molecule has 0 fully saturated rings. The van der Waals surface area contributed by atoms with Gasteiger partial charge < -0.3 is 19.4 Å². The summed E-state index contributed by atoms with van der Waals surface area (Å²) in [5.74, 6) is 1.47. The highest BCUT2D eigenvalue weighted by Crippen LogP contribution is 2.27. The van der Waals surface area contributed by atoms with E-state index in [4.69, 9.17) is 9.47 Å². The second-order valence-electron chi connectivity index (χ2n) is 6.70. The van der Waals surface area contributed by atoms with Gasteiger partial charge in [-0.15, -0.1) is 0 Å². The lowest BCUT2D eigenvalue weighted by molar-refractivity contribution is 0.0937.